The molecule has 82 valence electrons. The summed E-state index contributed by atoms with van der Waals surface area (Å²) in [6, 6.07) is 3.65. The molecular formula is C9H10N5O2+. The van der Waals surface area contributed by atoms with Gasteiger partial charge in [-0.15, -0.1) is 10.2 Å². The number of nitrogens with zero attached hydrogens (tertiary/aromatic N) is 4. The molecule has 0 bridgehead atoms. The highest BCUT2D eigenvalue weighted by Gasteiger charge is 2.09. The van der Waals surface area contributed by atoms with Crippen molar-refractivity contribution in [1.82, 2.24) is 20.6 Å². The van der Waals surface area contributed by atoms with Crippen molar-refractivity contribution in [2.45, 2.75) is 13.0 Å². The van der Waals surface area contributed by atoms with Gasteiger partial charge in [0.15, 0.2) is 18.9 Å². The van der Waals surface area contributed by atoms with Gasteiger partial charge < -0.3 is 5.11 Å². The predicted molar refractivity (Wildman–Crippen MR) is 52.1 cm³/mol. The second-order valence-electron chi connectivity index (χ2n) is 3.21. The number of H-pyrrole nitrogens is 1. The van der Waals surface area contributed by atoms with E-state index < -0.39 is 5.97 Å². The van der Waals surface area contributed by atoms with Gasteiger partial charge in [-0.2, -0.15) is 5.21 Å². The van der Waals surface area contributed by atoms with Crippen LogP contribution in [0.15, 0.2) is 24.5 Å². The summed E-state index contributed by atoms with van der Waals surface area (Å²) in [5.74, 6) is -0.331. The average molecular weight is 220 g/mol. The molecule has 0 aromatic carbocycles. The lowest BCUT2D eigenvalue weighted by Crippen LogP contribution is -2.34. The van der Waals surface area contributed by atoms with Crippen molar-refractivity contribution >= 4 is 5.97 Å². The van der Waals surface area contributed by atoms with Crippen molar-refractivity contribution in [1.29, 1.82) is 0 Å². The number of aromatic amines is 1. The summed E-state index contributed by atoms with van der Waals surface area (Å²) in [6.45, 7) is 0.418. The molecule has 2 heterocycles. The molecule has 0 fully saturated rings. The van der Waals surface area contributed by atoms with E-state index in [1.54, 1.807) is 17.0 Å². The van der Waals surface area contributed by atoms with Crippen LogP contribution < -0.4 is 4.57 Å². The third-order valence-electron chi connectivity index (χ3n) is 2.05. The molecule has 7 nitrogen and oxygen atoms in total. The van der Waals surface area contributed by atoms with Crippen LogP contribution in [-0.2, 0) is 11.3 Å². The number of rotatable bonds is 4. The van der Waals surface area contributed by atoms with Crippen LogP contribution in [0.4, 0.5) is 0 Å². The van der Waals surface area contributed by atoms with Crippen LogP contribution in [0.3, 0.4) is 0 Å². The maximum atomic E-state index is 10.4. The highest BCUT2D eigenvalue weighted by Crippen LogP contribution is 2.08. The quantitative estimate of drug-likeness (QED) is 0.685. The zero-order valence-corrected chi connectivity index (χ0v) is 8.37. The van der Waals surface area contributed by atoms with Crippen LogP contribution in [0.1, 0.15) is 6.42 Å². The monoisotopic (exact) mass is 220 g/mol. The van der Waals surface area contributed by atoms with E-state index in [1.807, 2.05) is 12.1 Å². The van der Waals surface area contributed by atoms with Gasteiger partial charge in [0.1, 0.15) is 6.42 Å². The Morgan fingerprint density at radius 2 is 2.44 bits per heavy atom. The number of hydrogen-bond acceptors (Lipinski definition) is 4. The standard InChI is InChI=1S/C9H9N5O2/c15-8(16)3-5-14-4-1-2-7(6-14)9-10-12-13-11-9/h1-2,4,6H,3,5H2,(H-,10,11,12,13,15,16)/p+1. The molecule has 2 rings (SSSR count). The number of carboxylic acids is 1. The topological polar surface area (TPSA) is 95.6 Å². The molecule has 0 aliphatic carbocycles. The van der Waals surface area contributed by atoms with Gasteiger partial charge in [-0.25, -0.2) is 4.57 Å². The number of aliphatic carboxylic acids is 1. The lowest BCUT2D eigenvalue weighted by Gasteiger charge is -1.95. The first-order valence-corrected chi connectivity index (χ1v) is 4.70. The molecule has 7 heteroatoms. The Kier molecular flexibility index (Phi) is 2.86. The fourth-order valence-corrected chi connectivity index (χ4v) is 1.30. The molecule has 0 spiro atoms. The molecule has 0 aliphatic rings. The average Bonchev–Trinajstić information content (AvgIpc) is 2.80. The van der Waals surface area contributed by atoms with Gasteiger partial charge >= 0.3 is 5.97 Å². The van der Waals surface area contributed by atoms with E-state index in [-0.39, 0.29) is 6.42 Å². The Hall–Kier alpha value is -2.31. The fraction of sp³-hybridized carbons (Fsp3) is 0.222. The van der Waals surface area contributed by atoms with Crippen LogP contribution in [-0.4, -0.2) is 31.7 Å². The van der Waals surface area contributed by atoms with Gasteiger partial charge in [-0.05, 0) is 11.3 Å². The molecule has 0 radical (unpaired) electrons. The minimum absolute atomic E-state index is 0.0837. The maximum absolute atomic E-state index is 10.4. The number of carbonyl (C=O) groups is 1. The summed E-state index contributed by atoms with van der Waals surface area (Å²) in [5, 5.41) is 22.1. The van der Waals surface area contributed by atoms with E-state index in [9.17, 15) is 4.79 Å². The minimum atomic E-state index is -0.822. The molecule has 0 amide bonds. The minimum Gasteiger partial charge on any atom is -0.481 e. The largest absolute Gasteiger partial charge is 0.481 e. The number of aromatic nitrogens is 5. The highest BCUT2D eigenvalue weighted by atomic mass is 16.4. The number of pyridine rings is 1. The highest BCUT2D eigenvalue weighted by molar-refractivity contribution is 5.66. The number of hydrogen-bond donors (Lipinski definition) is 2. The van der Waals surface area contributed by atoms with Crippen molar-refractivity contribution < 1.29 is 14.5 Å². The number of tetrazole rings is 1. The summed E-state index contributed by atoms with van der Waals surface area (Å²) in [4.78, 5) is 10.4. The molecule has 0 saturated carbocycles. The second-order valence-corrected chi connectivity index (χ2v) is 3.21. The Bertz CT molecular complexity index is 482. The number of nitrogens with one attached hydrogen (secondary N) is 1. The summed E-state index contributed by atoms with van der Waals surface area (Å²) < 4.78 is 1.78. The predicted octanol–water partition coefficient (Wildman–Crippen LogP) is -0.371. The smallest absolute Gasteiger partial charge is 0.309 e. The van der Waals surface area contributed by atoms with Gasteiger partial charge in [0.25, 0.3) is 0 Å². The van der Waals surface area contributed by atoms with E-state index in [1.165, 1.54) is 0 Å². The first kappa shape index (κ1) is 10.2. The van der Waals surface area contributed by atoms with Crippen molar-refractivity contribution in [2.24, 2.45) is 0 Å². The molecule has 2 aromatic heterocycles. The number of carboxylic acid groups (broad SMARTS) is 1. The molecule has 2 aromatic rings. The summed E-state index contributed by atoms with van der Waals surface area (Å²) >= 11 is 0. The van der Waals surface area contributed by atoms with Crippen molar-refractivity contribution in [3.63, 3.8) is 0 Å². The van der Waals surface area contributed by atoms with Gasteiger partial charge in [0.05, 0.1) is 5.56 Å². The zero-order valence-electron chi connectivity index (χ0n) is 8.37. The van der Waals surface area contributed by atoms with Gasteiger partial charge in [-0.3, -0.25) is 4.79 Å². The lowest BCUT2D eigenvalue weighted by atomic mass is 10.2. The van der Waals surface area contributed by atoms with Crippen LogP contribution in [0, 0.1) is 0 Å². The van der Waals surface area contributed by atoms with Crippen LogP contribution >= 0.6 is 0 Å². The zero-order chi connectivity index (χ0) is 11.4. The molecule has 0 atom stereocenters. The van der Waals surface area contributed by atoms with Crippen molar-refractivity contribution in [3.05, 3.63) is 24.5 Å². The summed E-state index contributed by atoms with van der Waals surface area (Å²) in [7, 11) is 0. The third kappa shape index (κ3) is 2.38. The Morgan fingerprint density at radius 1 is 1.56 bits per heavy atom. The first-order valence-electron chi connectivity index (χ1n) is 4.70. The molecule has 16 heavy (non-hydrogen) atoms. The first-order chi connectivity index (χ1) is 7.75. The van der Waals surface area contributed by atoms with Crippen molar-refractivity contribution in [3.8, 4) is 11.4 Å². The molecule has 0 aliphatic heterocycles. The molecule has 0 unspecified atom stereocenters. The lowest BCUT2D eigenvalue weighted by molar-refractivity contribution is -0.695. The second kappa shape index (κ2) is 4.47. The Balaban J connectivity index is 2.17. The SMILES string of the molecule is O=C(O)CC[n+]1cccc(-c2nn[nH]n2)c1. The van der Waals surface area contributed by atoms with E-state index in [4.69, 9.17) is 5.11 Å². The maximum Gasteiger partial charge on any atom is 0.309 e. The summed E-state index contributed by atoms with van der Waals surface area (Å²) in [5.41, 5.74) is 0.793. The van der Waals surface area contributed by atoms with E-state index in [2.05, 4.69) is 20.6 Å². The number of aryl methyl sites for hydroxylation is 1. The third-order valence-corrected chi connectivity index (χ3v) is 2.05. The Labute approximate surface area is 90.7 Å². The van der Waals surface area contributed by atoms with E-state index in [0.717, 1.165) is 5.56 Å². The van der Waals surface area contributed by atoms with Gasteiger partial charge in [-0.1, -0.05) is 0 Å². The molecular weight excluding hydrogens is 210 g/mol. The van der Waals surface area contributed by atoms with Crippen molar-refractivity contribution in [2.75, 3.05) is 0 Å². The van der Waals surface area contributed by atoms with Gasteiger partial charge in [0.2, 0.25) is 5.82 Å². The van der Waals surface area contributed by atoms with Gasteiger partial charge in [0, 0.05) is 6.07 Å². The molecule has 0 saturated heterocycles. The van der Waals surface area contributed by atoms with Crippen LogP contribution in [0.5, 0.6) is 0 Å². The van der Waals surface area contributed by atoms with Crippen LogP contribution in [0.25, 0.3) is 11.4 Å². The molecule has 2 N–H and O–H groups in total. The van der Waals surface area contributed by atoms with Crippen LogP contribution in [0.2, 0.25) is 0 Å². The Morgan fingerprint density at radius 3 is 3.12 bits per heavy atom. The van der Waals surface area contributed by atoms with E-state index in [0.29, 0.717) is 12.4 Å². The van der Waals surface area contributed by atoms with E-state index >= 15 is 0 Å². The normalized spacial score (nSPS) is 10.2. The fourth-order valence-electron chi connectivity index (χ4n) is 1.30. The summed E-state index contributed by atoms with van der Waals surface area (Å²) in [6.07, 6.45) is 3.67.